The number of nitrogens with two attached hydrogens (primary N) is 1. The first-order chi connectivity index (χ1) is 13.0. The van der Waals surface area contributed by atoms with E-state index in [1.807, 2.05) is 26.8 Å². The number of carbonyl (C=O) groups excluding carboxylic acids is 1. The van der Waals surface area contributed by atoms with Crippen LogP contribution >= 0.6 is 24.0 Å². The van der Waals surface area contributed by atoms with Gasteiger partial charge in [-0.15, -0.1) is 24.0 Å². The lowest BCUT2D eigenvalue weighted by atomic mass is 10.2. The van der Waals surface area contributed by atoms with Crippen LogP contribution < -0.4 is 10.5 Å². The van der Waals surface area contributed by atoms with Crippen molar-refractivity contribution >= 4 is 46.1 Å². The molecule has 1 aromatic rings. The summed E-state index contributed by atoms with van der Waals surface area (Å²) in [6.45, 7) is 8.37. The topological polar surface area (TPSA) is 117 Å². The van der Waals surface area contributed by atoms with E-state index in [9.17, 15) is 13.2 Å². The Hall–Kier alpha value is -1.60. The molecule has 0 aromatic heterocycles. The first-order valence-electron chi connectivity index (χ1n) is 9.17. The Bertz CT molecular complexity index is 884. The number of rotatable bonds is 3. The number of sulfonamides is 1. The predicted octanol–water partition coefficient (Wildman–Crippen LogP) is 1.33. The van der Waals surface area contributed by atoms with E-state index in [2.05, 4.69) is 15.2 Å². The summed E-state index contributed by atoms with van der Waals surface area (Å²) in [5, 5.41) is 8.45. The van der Waals surface area contributed by atoms with Crippen molar-refractivity contribution in [1.29, 1.82) is 0 Å². The molecule has 3 rings (SSSR count). The second-order valence-electron chi connectivity index (χ2n) is 7.98. The molecule has 9 nitrogen and oxygen atoms in total. The molecular weight excluding hydrogens is 509 g/mol. The van der Waals surface area contributed by atoms with Gasteiger partial charge in [-0.05, 0) is 38.5 Å². The van der Waals surface area contributed by atoms with Crippen LogP contribution in [0.2, 0.25) is 0 Å². The number of carbonyl (C=O) groups is 1. The van der Waals surface area contributed by atoms with Crippen LogP contribution in [0.25, 0.3) is 0 Å². The van der Waals surface area contributed by atoms with Gasteiger partial charge >= 0.3 is 6.09 Å². The summed E-state index contributed by atoms with van der Waals surface area (Å²) in [5.41, 5.74) is 0.281. The molecule has 2 aliphatic heterocycles. The van der Waals surface area contributed by atoms with Gasteiger partial charge in [0.15, 0.2) is 5.96 Å². The smallest absolute Gasteiger partial charge is 0.410 e. The Labute approximate surface area is 188 Å². The van der Waals surface area contributed by atoms with Crippen LogP contribution in [0.5, 0.6) is 0 Å². The summed E-state index contributed by atoms with van der Waals surface area (Å²) in [5.74, 6) is 0.759. The monoisotopic (exact) mass is 537 g/mol. The van der Waals surface area contributed by atoms with Crippen LogP contribution in [0.15, 0.2) is 34.2 Å². The molecule has 1 unspecified atom stereocenters. The number of amides is 1. The molecule has 11 heteroatoms. The number of fused-ring (bicyclic) bond motifs is 1. The molecule has 1 aromatic carbocycles. The maximum Gasteiger partial charge on any atom is 0.410 e. The Morgan fingerprint density at radius 2 is 2.07 bits per heavy atom. The van der Waals surface area contributed by atoms with Crippen molar-refractivity contribution in [1.82, 2.24) is 15.1 Å². The third kappa shape index (κ3) is 6.19. The van der Waals surface area contributed by atoms with E-state index in [1.165, 1.54) is 6.07 Å². The number of hydrogen-bond acceptors (Lipinski definition) is 7. The van der Waals surface area contributed by atoms with E-state index in [0.717, 1.165) is 11.5 Å². The first kappa shape index (κ1) is 23.7. The molecular formula is C18H28IN5O4S. The Morgan fingerprint density at radius 3 is 2.72 bits per heavy atom. The minimum atomic E-state index is -3.73. The standard InChI is InChI=1S/C18H27N5O4S.HI/c1-18(2,3)27-17(24)22-7-8-23-14(12-22)11-21-16(23)20-10-13-5-4-6-15(9-13)28(19,25)26;/h4-6,9,14H,7-8,10-12H2,1-3H3,(H,20,21)(H2,19,25,26);1H. The highest BCUT2D eigenvalue weighted by Gasteiger charge is 2.36. The van der Waals surface area contributed by atoms with Crippen LogP contribution in [-0.4, -0.2) is 68.1 Å². The zero-order valence-corrected chi connectivity index (χ0v) is 19.9. The first-order valence-corrected chi connectivity index (χ1v) is 10.7. The summed E-state index contributed by atoms with van der Waals surface area (Å²) in [6, 6.07) is 6.62. The molecule has 1 fully saturated rings. The number of primary sulfonamides is 1. The van der Waals surface area contributed by atoms with Gasteiger partial charge in [-0.25, -0.2) is 18.4 Å². The highest BCUT2D eigenvalue weighted by Crippen LogP contribution is 2.19. The molecule has 2 aliphatic rings. The van der Waals surface area contributed by atoms with Gasteiger partial charge in [-0.1, -0.05) is 12.1 Å². The highest BCUT2D eigenvalue weighted by atomic mass is 127. The summed E-state index contributed by atoms with van der Waals surface area (Å²) in [6.07, 6.45) is -0.298. The number of aliphatic imine (C=N–C) groups is 1. The number of nitrogens with one attached hydrogen (secondary N) is 1. The SMILES string of the molecule is CC(C)(C)OC(=O)N1CCN2C(NCc3cccc(S(N)(=O)=O)c3)=NCC2C1.I. The molecule has 0 radical (unpaired) electrons. The molecule has 0 spiro atoms. The van der Waals surface area contributed by atoms with Gasteiger partial charge in [-0.3, -0.25) is 4.99 Å². The molecule has 29 heavy (non-hydrogen) atoms. The largest absolute Gasteiger partial charge is 0.444 e. The van der Waals surface area contributed by atoms with Crippen LogP contribution in [0.1, 0.15) is 26.3 Å². The number of halogens is 1. The zero-order chi connectivity index (χ0) is 20.5. The molecule has 2 heterocycles. The molecule has 0 bridgehead atoms. The summed E-state index contributed by atoms with van der Waals surface area (Å²) in [7, 11) is -3.73. The van der Waals surface area contributed by atoms with Crippen LogP contribution in [-0.2, 0) is 21.3 Å². The number of piperazine rings is 1. The summed E-state index contributed by atoms with van der Waals surface area (Å²) < 4.78 is 28.4. The lowest BCUT2D eigenvalue weighted by Crippen LogP contribution is -2.57. The third-order valence-electron chi connectivity index (χ3n) is 4.54. The number of guanidine groups is 1. The molecule has 162 valence electrons. The molecule has 1 atom stereocenters. The zero-order valence-electron chi connectivity index (χ0n) is 16.8. The highest BCUT2D eigenvalue weighted by molar-refractivity contribution is 14.0. The molecule has 0 saturated carbocycles. The summed E-state index contributed by atoms with van der Waals surface area (Å²) in [4.78, 5) is 20.8. The number of hydrogen-bond donors (Lipinski definition) is 2. The number of benzene rings is 1. The van der Waals surface area contributed by atoms with Crippen molar-refractivity contribution < 1.29 is 17.9 Å². The van der Waals surface area contributed by atoms with E-state index in [-0.39, 0.29) is 41.0 Å². The average molecular weight is 537 g/mol. The van der Waals surface area contributed by atoms with E-state index in [0.29, 0.717) is 32.7 Å². The Kier molecular flexibility index (Phi) is 7.38. The van der Waals surface area contributed by atoms with Crippen molar-refractivity contribution in [2.75, 3.05) is 26.2 Å². The number of nitrogens with zero attached hydrogens (tertiary/aromatic N) is 3. The van der Waals surface area contributed by atoms with E-state index in [1.54, 1.807) is 17.0 Å². The maximum atomic E-state index is 12.3. The fourth-order valence-electron chi connectivity index (χ4n) is 3.24. The van der Waals surface area contributed by atoms with E-state index in [4.69, 9.17) is 9.88 Å². The Balaban J connectivity index is 0.00000300. The van der Waals surface area contributed by atoms with Gasteiger partial charge in [0.2, 0.25) is 10.0 Å². The van der Waals surface area contributed by atoms with Crippen molar-refractivity contribution in [3.8, 4) is 0 Å². The quantitative estimate of drug-likeness (QED) is 0.563. The normalized spacial score (nSPS) is 19.2. The van der Waals surface area contributed by atoms with Gasteiger partial charge < -0.3 is 19.9 Å². The van der Waals surface area contributed by atoms with Crippen molar-refractivity contribution in [2.45, 2.75) is 43.9 Å². The second kappa shape index (κ2) is 9.04. The van der Waals surface area contributed by atoms with E-state index < -0.39 is 15.6 Å². The molecule has 0 aliphatic carbocycles. The van der Waals surface area contributed by atoms with Crippen molar-refractivity contribution in [3.63, 3.8) is 0 Å². The van der Waals surface area contributed by atoms with Gasteiger partial charge in [0.25, 0.3) is 0 Å². The van der Waals surface area contributed by atoms with Gasteiger partial charge in [0.05, 0.1) is 17.5 Å². The van der Waals surface area contributed by atoms with Crippen LogP contribution in [0, 0.1) is 0 Å². The minimum Gasteiger partial charge on any atom is -0.444 e. The van der Waals surface area contributed by atoms with Crippen LogP contribution in [0.4, 0.5) is 4.79 Å². The van der Waals surface area contributed by atoms with E-state index >= 15 is 0 Å². The molecule has 3 N–H and O–H groups in total. The Morgan fingerprint density at radius 1 is 1.34 bits per heavy atom. The second-order valence-corrected chi connectivity index (χ2v) is 9.55. The van der Waals surface area contributed by atoms with Crippen molar-refractivity contribution in [3.05, 3.63) is 29.8 Å². The van der Waals surface area contributed by atoms with Crippen LogP contribution in [0.3, 0.4) is 0 Å². The summed E-state index contributed by atoms with van der Waals surface area (Å²) >= 11 is 0. The fourth-order valence-corrected chi connectivity index (χ4v) is 3.82. The van der Waals surface area contributed by atoms with Gasteiger partial charge in [0.1, 0.15) is 5.60 Å². The van der Waals surface area contributed by atoms with Crippen molar-refractivity contribution in [2.24, 2.45) is 10.1 Å². The predicted molar refractivity (Wildman–Crippen MR) is 121 cm³/mol. The molecule has 1 amide bonds. The van der Waals surface area contributed by atoms with Gasteiger partial charge in [-0.2, -0.15) is 0 Å². The lowest BCUT2D eigenvalue weighted by Gasteiger charge is -2.39. The van der Waals surface area contributed by atoms with Gasteiger partial charge in [0, 0.05) is 26.2 Å². The average Bonchev–Trinajstić information content (AvgIpc) is 3.00. The third-order valence-corrected chi connectivity index (χ3v) is 5.45. The lowest BCUT2D eigenvalue weighted by molar-refractivity contribution is 0.0137. The molecule has 1 saturated heterocycles. The fraction of sp³-hybridized carbons (Fsp3) is 0.556. The maximum absolute atomic E-state index is 12.3. The number of ether oxygens (including phenoxy) is 1. The minimum absolute atomic E-state index is 0.